The Morgan fingerprint density at radius 2 is 1.66 bits per heavy atom. The van der Waals surface area contributed by atoms with Gasteiger partial charge in [-0.2, -0.15) is 0 Å². The summed E-state index contributed by atoms with van der Waals surface area (Å²) < 4.78 is 5.47. The van der Waals surface area contributed by atoms with Crippen LogP contribution in [0.4, 0.5) is 10.5 Å². The summed E-state index contributed by atoms with van der Waals surface area (Å²) in [5, 5.41) is 13.1. The number of imide groups is 1. The average Bonchev–Trinajstić information content (AvgIpc) is 3.03. The molecule has 2 amide bonds. The van der Waals surface area contributed by atoms with E-state index in [2.05, 4.69) is 0 Å². The van der Waals surface area contributed by atoms with Crippen LogP contribution in [0.25, 0.3) is 16.3 Å². The van der Waals surface area contributed by atoms with Crippen molar-refractivity contribution in [3.63, 3.8) is 0 Å². The number of aliphatic hydroxyl groups is 1. The van der Waals surface area contributed by atoms with Crippen molar-refractivity contribution >= 4 is 34.0 Å². The van der Waals surface area contributed by atoms with E-state index in [0.717, 1.165) is 21.2 Å². The molecule has 0 aliphatic carbocycles. The number of para-hydroxylation sites is 1. The maximum atomic E-state index is 13.3. The zero-order chi connectivity index (χ0) is 23.0. The van der Waals surface area contributed by atoms with Gasteiger partial charge in [-0.3, -0.25) is 4.79 Å². The molecule has 3 aromatic rings. The Balaban J connectivity index is 1.71. The minimum absolute atomic E-state index is 0.269. The molecule has 0 saturated carbocycles. The lowest BCUT2D eigenvalue weighted by Crippen LogP contribution is -2.38. The third-order valence-electron chi connectivity index (χ3n) is 5.52. The van der Waals surface area contributed by atoms with E-state index in [1.807, 2.05) is 61.5 Å². The average molecular weight is 430 g/mol. The van der Waals surface area contributed by atoms with Crippen molar-refractivity contribution < 1.29 is 19.4 Å². The molecule has 32 heavy (non-hydrogen) atoms. The van der Waals surface area contributed by atoms with Crippen molar-refractivity contribution in [2.24, 2.45) is 0 Å². The van der Waals surface area contributed by atoms with Crippen LogP contribution in [0.3, 0.4) is 0 Å². The predicted molar refractivity (Wildman–Crippen MR) is 126 cm³/mol. The van der Waals surface area contributed by atoms with Crippen LogP contribution in [0.2, 0.25) is 0 Å². The van der Waals surface area contributed by atoms with Crippen molar-refractivity contribution in [3.05, 3.63) is 83.4 Å². The molecular formula is C27H27NO4. The van der Waals surface area contributed by atoms with Crippen LogP contribution in [-0.2, 0) is 9.53 Å². The predicted octanol–water partition coefficient (Wildman–Crippen LogP) is 6.02. The number of hydrogen-bond donors (Lipinski definition) is 1. The Morgan fingerprint density at radius 1 is 1.00 bits per heavy atom. The first-order valence-electron chi connectivity index (χ1n) is 10.7. The summed E-state index contributed by atoms with van der Waals surface area (Å²) in [4.78, 5) is 27.2. The fourth-order valence-corrected chi connectivity index (χ4v) is 4.16. The number of aliphatic hydroxyl groups excluding tert-OH is 1. The van der Waals surface area contributed by atoms with E-state index in [9.17, 15) is 14.7 Å². The second-order valence-corrected chi connectivity index (χ2v) is 9.08. The van der Waals surface area contributed by atoms with Gasteiger partial charge in [-0.05, 0) is 56.5 Å². The summed E-state index contributed by atoms with van der Waals surface area (Å²) in [6.45, 7) is 7.12. The van der Waals surface area contributed by atoms with Crippen molar-refractivity contribution in [1.82, 2.24) is 0 Å². The molecule has 4 rings (SSSR count). The van der Waals surface area contributed by atoms with E-state index in [1.54, 1.807) is 32.9 Å². The van der Waals surface area contributed by atoms with Gasteiger partial charge in [0.15, 0.2) is 0 Å². The van der Waals surface area contributed by atoms with Gasteiger partial charge < -0.3 is 9.84 Å². The van der Waals surface area contributed by atoms with Crippen LogP contribution in [0.15, 0.2) is 72.3 Å². The molecule has 0 unspecified atom stereocenters. The molecule has 0 aromatic heterocycles. The fraction of sp³-hybridized carbons (Fsp3) is 0.259. The first-order valence-corrected chi connectivity index (χ1v) is 10.7. The molecular weight excluding hydrogens is 402 g/mol. The molecule has 3 aromatic carbocycles. The SMILES string of the molecule is C/C(C[C@H](O)c1cccc2ccccc12)=C1/C(=O)N(C(=O)OC(C)(C)C)c2ccccc21. The molecule has 0 bridgehead atoms. The quantitative estimate of drug-likeness (QED) is 0.517. The van der Waals surface area contributed by atoms with Gasteiger partial charge in [-0.15, -0.1) is 0 Å². The van der Waals surface area contributed by atoms with E-state index in [-0.39, 0.29) is 6.42 Å². The Bertz CT molecular complexity index is 1230. The molecule has 0 spiro atoms. The maximum absolute atomic E-state index is 13.3. The molecule has 0 fully saturated rings. The van der Waals surface area contributed by atoms with Crippen LogP contribution in [0.5, 0.6) is 0 Å². The number of amides is 2. The highest BCUT2D eigenvalue weighted by Crippen LogP contribution is 2.41. The molecule has 1 N–H and O–H groups in total. The highest BCUT2D eigenvalue weighted by Gasteiger charge is 2.40. The minimum atomic E-state index is -0.788. The number of benzene rings is 3. The van der Waals surface area contributed by atoms with Crippen molar-refractivity contribution in [3.8, 4) is 0 Å². The van der Waals surface area contributed by atoms with Gasteiger partial charge in [-0.1, -0.05) is 66.2 Å². The van der Waals surface area contributed by atoms with Gasteiger partial charge in [0, 0.05) is 11.1 Å². The lowest BCUT2D eigenvalue weighted by molar-refractivity contribution is -0.112. The molecule has 1 aliphatic rings. The number of carbonyl (C=O) groups is 2. The summed E-state index contributed by atoms with van der Waals surface area (Å²) in [7, 11) is 0. The number of nitrogens with zero attached hydrogens (tertiary/aromatic N) is 1. The second kappa shape index (κ2) is 8.24. The minimum Gasteiger partial charge on any atom is -0.443 e. The zero-order valence-electron chi connectivity index (χ0n) is 18.8. The molecule has 0 saturated heterocycles. The van der Waals surface area contributed by atoms with Gasteiger partial charge in [0.1, 0.15) is 5.60 Å². The van der Waals surface area contributed by atoms with Crippen LogP contribution in [-0.4, -0.2) is 22.7 Å². The molecule has 1 atom stereocenters. The summed E-state index contributed by atoms with van der Waals surface area (Å²) in [5.41, 5.74) is 2.41. The molecule has 164 valence electrons. The highest BCUT2D eigenvalue weighted by molar-refractivity contribution is 6.39. The Labute approximate surface area is 187 Å². The van der Waals surface area contributed by atoms with Crippen molar-refractivity contribution in [1.29, 1.82) is 0 Å². The van der Waals surface area contributed by atoms with E-state index >= 15 is 0 Å². The number of rotatable bonds is 3. The van der Waals surface area contributed by atoms with E-state index in [1.165, 1.54) is 0 Å². The Morgan fingerprint density at radius 3 is 2.41 bits per heavy atom. The van der Waals surface area contributed by atoms with E-state index in [4.69, 9.17) is 4.74 Å². The van der Waals surface area contributed by atoms with E-state index < -0.39 is 23.7 Å². The van der Waals surface area contributed by atoms with Gasteiger partial charge in [0.25, 0.3) is 5.91 Å². The number of anilines is 1. The molecule has 1 aliphatic heterocycles. The van der Waals surface area contributed by atoms with Gasteiger partial charge in [0.2, 0.25) is 0 Å². The maximum Gasteiger partial charge on any atom is 0.422 e. The van der Waals surface area contributed by atoms with Gasteiger partial charge >= 0.3 is 6.09 Å². The van der Waals surface area contributed by atoms with Gasteiger partial charge in [0.05, 0.1) is 11.8 Å². The molecule has 0 radical (unpaired) electrons. The normalized spacial score (nSPS) is 16.2. The van der Waals surface area contributed by atoms with Crippen molar-refractivity contribution in [2.75, 3.05) is 4.90 Å². The number of hydrogen-bond acceptors (Lipinski definition) is 4. The third-order valence-corrected chi connectivity index (χ3v) is 5.52. The highest BCUT2D eigenvalue weighted by atomic mass is 16.6. The zero-order valence-corrected chi connectivity index (χ0v) is 18.8. The van der Waals surface area contributed by atoms with Crippen LogP contribution in [0, 0.1) is 0 Å². The largest absolute Gasteiger partial charge is 0.443 e. The Kier molecular flexibility index (Phi) is 5.61. The van der Waals surface area contributed by atoms with Crippen molar-refractivity contribution in [2.45, 2.75) is 45.8 Å². The first-order chi connectivity index (χ1) is 15.2. The molecule has 1 heterocycles. The fourth-order valence-electron chi connectivity index (χ4n) is 4.16. The lowest BCUT2D eigenvalue weighted by Gasteiger charge is -2.23. The lowest BCUT2D eigenvalue weighted by atomic mass is 9.93. The molecule has 5 heteroatoms. The topological polar surface area (TPSA) is 66.8 Å². The summed E-state index contributed by atoms with van der Waals surface area (Å²) in [5.74, 6) is -0.428. The summed E-state index contributed by atoms with van der Waals surface area (Å²) in [6.07, 6.45) is -1.22. The van der Waals surface area contributed by atoms with Crippen LogP contribution in [0.1, 0.15) is 51.3 Å². The van der Waals surface area contributed by atoms with Gasteiger partial charge in [-0.25, -0.2) is 9.69 Å². The van der Waals surface area contributed by atoms with E-state index in [0.29, 0.717) is 22.4 Å². The molecule has 5 nitrogen and oxygen atoms in total. The summed E-state index contributed by atoms with van der Waals surface area (Å²) >= 11 is 0. The monoisotopic (exact) mass is 429 g/mol. The number of carbonyl (C=O) groups excluding carboxylic acids is 2. The number of ether oxygens (including phenoxy) is 1. The summed E-state index contributed by atoms with van der Waals surface area (Å²) in [6, 6.07) is 20.9. The first kappa shape index (κ1) is 21.8. The van der Waals surface area contributed by atoms with Crippen LogP contribution < -0.4 is 4.90 Å². The Hall–Kier alpha value is -3.44. The smallest absolute Gasteiger partial charge is 0.422 e. The second-order valence-electron chi connectivity index (χ2n) is 9.08. The number of fused-ring (bicyclic) bond motifs is 2. The standard InChI is InChI=1S/C27H27NO4/c1-17(16-23(29)20-14-9-11-18-10-5-6-12-19(18)20)24-21-13-7-8-15-22(21)28(25(24)30)26(31)32-27(2,3)4/h5-15,23,29H,16H2,1-4H3/b24-17-/t23-/m0/s1. The third kappa shape index (κ3) is 4.04. The van der Waals surface area contributed by atoms with Crippen LogP contribution >= 0.6 is 0 Å².